The number of rotatable bonds is 7. The quantitative estimate of drug-likeness (QED) is 0.332. The smallest absolute Gasteiger partial charge is 0.191 e. The van der Waals surface area contributed by atoms with E-state index in [1.54, 1.807) is 0 Å². The van der Waals surface area contributed by atoms with E-state index in [4.69, 9.17) is 4.74 Å². The summed E-state index contributed by atoms with van der Waals surface area (Å²) in [4.78, 5) is 9.49. The van der Waals surface area contributed by atoms with Crippen LogP contribution in [-0.2, 0) is 4.74 Å². The van der Waals surface area contributed by atoms with Crippen molar-refractivity contribution < 1.29 is 4.74 Å². The number of morpholine rings is 1. The second kappa shape index (κ2) is 13.4. The van der Waals surface area contributed by atoms with Crippen molar-refractivity contribution in [1.29, 1.82) is 0 Å². The number of hydrogen-bond acceptors (Lipinski definition) is 4. The van der Waals surface area contributed by atoms with Crippen molar-refractivity contribution in [1.82, 2.24) is 20.4 Å². The van der Waals surface area contributed by atoms with E-state index in [2.05, 4.69) is 56.6 Å². The Kier molecular flexibility index (Phi) is 11.3. The molecule has 0 radical (unpaired) electrons. The fraction of sp³-hybridized carbons (Fsp3) is 0.682. The number of aliphatic imine (C=N–C) groups is 1. The normalized spacial score (nSPS) is 20.0. The molecule has 0 spiro atoms. The maximum Gasteiger partial charge on any atom is 0.191 e. The van der Waals surface area contributed by atoms with Crippen LogP contribution in [0.2, 0.25) is 0 Å². The average molecular weight is 515 g/mol. The number of ether oxygens (including phenoxy) is 1. The summed E-state index contributed by atoms with van der Waals surface area (Å²) in [6.45, 7) is 11.0. The van der Waals surface area contributed by atoms with E-state index in [-0.39, 0.29) is 24.0 Å². The molecule has 2 saturated heterocycles. The molecule has 2 aliphatic heterocycles. The predicted octanol–water partition coefficient (Wildman–Crippen LogP) is 2.64. The van der Waals surface area contributed by atoms with Gasteiger partial charge >= 0.3 is 0 Å². The molecule has 0 amide bonds. The van der Waals surface area contributed by atoms with Crippen molar-refractivity contribution in [3.63, 3.8) is 0 Å². The molecule has 1 atom stereocenters. The van der Waals surface area contributed by atoms with Crippen LogP contribution >= 0.6 is 24.0 Å². The molecule has 0 saturated carbocycles. The molecular weight excluding hydrogens is 477 g/mol. The molecule has 2 fully saturated rings. The van der Waals surface area contributed by atoms with Crippen LogP contribution in [0, 0.1) is 6.92 Å². The Morgan fingerprint density at radius 2 is 1.72 bits per heavy atom. The molecule has 7 heteroatoms. The summed E-state index contributed by atoms with van der Waals surface area (Å²) in [7, 11) is 1.85. The van der Waals surface area contributed by atoms with E-state index in [1.165, 1.54) is 43.5 Å². The highest BCUT2D eigenvalue weighted by Gasteiger charge is 2.23. The van der Waals surface area contributed by atoms with Gasteiger partial charge in [0.1, 0.15) is 0 Å². The zero-order chi connectivity index (χ0) is 19.6. The lowest BCUT2D eigenvalue weighted by Gasteiger charge is -2.35. The molecule has 6 nitrogen and oxygen atoms in total. The molecular formula is C22H38IN5O. The summed E-state index contributed by atoms with van der Waals surface area (Å²) in [5, 5.41) is 7.05. The molecule has 29 heavy (non-hydrogen) atoms. The van der Waals surface area contributed by atoms with E-state index in [1.807, 2.05) is 7.05 Å². The lowest BCUT2D eigenvalue weighted by molar-refractivity contribution is 0.0170. The summed E-state index contributed by atoms with van der Waals surface area (Å²) in [6, 6.07) is 9.24. The molecule has 0 aromatic heterocycles. The topological polar surface area (TPSA) is 52.1 Å². The van der Waals surface area contributed by atoms with Gasteiger partial charge in [-0.05, 0) is 38.4 Å². The Labute approximate surface area is 193 Å². The van der Waals surface area contributed by atoms with Gasteiger partial charge in [0.2, 0.25) is 0 Å². The van der Waals surface area contributed by atoms with E-state index in [0.717, 1.165) is 51.9 Å². The van der Waals surface area contributed by atoms with Gasteiger partial charge in [0.05, 0.1) is 19.3 Å². The van der Waals surface area contributed by atoms with Crippen molar-refractivity contribution in [3.8, 4) is 0 Å². The van der Waals surface area contributed by atoms with Gasteiger partial charge in [-0.15, -0.1) is 24.0 Å². The number of hydrogen-bond donors (Lipinski definition) is 2. The molecule has 0 bridgehead atoms. The van der Waals surface area contributed by atoms with Gasteiger partial charge in [0.25, 0.3) is 0 Å². The highest BCUT2D eigenvalue weighted by atomic mass is 127. The minimum absolute atomic E-state index is 0. The Morgan fingerprint density at radius 1 is 1.03 bits per heavy atom. The van der Waals surface area contributed by atoms with Crippen LogP contribution in [0.25, 0.3) is 0 Å². The number of halogens is 1. The van der Waals surface area contributed by atoms with E-state index < -0.39 is 0 Å². The second-order valence-corrected chi connectivity index (χ2v) is 7.86. The van der Waals surface area contributed by atoms with Gasteiger partial charge in [0.15, 0.2) is 5.96 Å². The zero-order valence-electron chi connectivity index (χ0n) is 18.0. The lowest BCUT2D eigenvalue weighted by Crippen LogP contribution is -2.47. The Bertz CT molecular complexity index is 598. The van der Waals surface area contributed by atoms with Crippen LogP contribution in [0.3, 0.4) is 0 Å². The third-order valence-corrected chi connectivity index (χ3v) is 5.80. The van der Waals surface area contributed by atoms with Crippen LogP contribution in [0.1, 0.15) is 36.4 Å². The molecule has 1 aromatic rings. The molecule has 0 aliphatic carbocycles. The Balaban J connectivity index is 0.00000300. The molecule has 2 aliphatic rings. The van der Waals surface area contributed by atoms with Crippen LogP contribution in [0.4, 0.5) is 0 Å². The first-order valence-corrected chi connectivity index (χ1v) is 10.8. The van der Waals surface area contributed by atoms with Crippen molar-refractivity contribution >= 4 is 29.9 Å². The van der Waals surface area contributed by atoms with E-state index in [9.17, 15) is 0 Å². The third-order valence-electron chi connectivity index (χ3n) is 5.80. The predicted molar refractivity (Wildman–Crippen MR) is 131 cm³/mol. The van der Waals surface area contributed by atoms with Crippen LogP contribution in [0.15, 0.2) is 29.3 Å². The van der Waals surface area contributed by atoms with Crippen LogP contribution in [-0.4, -0.2) is 81.8 Å². The van der Waals surface area contributed by atoms with Gasteiger partial charge < -0.3 is 20.3 Å². The summed E-state index contributed by atoms with van der Waals surface area (Å²) < 4.78 is 5.56. The summed E-state index contributed by atoms with van der Waals surface area (Å²) in [5.74, 6) is 0.891. The molecule has 2 N–H and O–H groups in total. The van der Waals surface area contributed by atoms with Gasteiger partial charge in [-0.25, -0.2) is 0 Å². The Morgan fingerprint density at radius 3 is 2.38 bits per heavy atom. The fourth-order valence-electron chi connectivity index (χ4n) is 4.06. The number of guanidine groups is 1. The van der Waals surface area contributed by atoms with Gasteiger partial charge in [0, 0.05) is 39.8 Å². The minimum atomic E-state index is 0. The average Bonchev–Trinajstić information content (AvgIpc) is 2.75. The first-order valence-electron chi connectivity index (χ1n) is 10.8. The fourth-order valence-corrected chi connectivity index (χ4v) is 4.06. The molecule has 1 aromatic carbocycles. The highest BCUT2D eigenvalue weighted by molar-refractivity contribution is 14.0. The van der Waals surface area contributed by atoms with Gasteiger partial charge in [-0.2, -0.15) is 0 Å². The number of nitrogens with one attached hydrogen (secondary N) is 2. The zero-order valence-corrected chi connectivity index (χ0v) is 20.4. The number of nitrogens with zero attached hydrogens (tertiary/aromatic N) is 3. The minimum Gasteiger partial charge on any atom is -0.379 e. The number of likely N-dealkylation sites (tertiary alicyclic amines) is 1. The van der Waals surface area contributed by atoms with Crippen molar-refractivity contribution in [2.24, 2.45) is 4.99 Å². The largest absolute Gasteiger partial charge is 0.379 e. The molecule has 3 rings (SSSR count). The summed E-state index contributed by atoms with van der Waals surface area (Å²) >= 11 is 0. The van der Waals surface area contributed by atoms with Crippen LogP contribution < -0.4 is 10.6 Å². The maximum absolute atomic E-state index is 5.56. The van der Waals surface area contributed by atoms with Crippen LogP contribution in [0.5, 0.6) is 0 Å². The SMILES string of the molecule is CN=C(NCCN1CCCCC1)NCC(c1ccc(C)cc1)N1CCOCC1.I. The van der Waals surface area contributed by atoms with Crippen molar-refractivity contribution in [2.45, 2.75) is 32.2 Å². The van der Waals surface area contributed by atoms with Crippen molar-refractivity contribution in [3.05, 3.63) is 35.4 Å². The Hall–Kier alpha value is -0.900. The number of benzene rings is 1. The second-order valence-electron chi connectivity index (χ2n) is 7.86. The summed E-state index contributed by atoms with van der Waals surface area (Å²) in [6.07, 6.45) is 4.06. The summed E-state index contributed by atoms with van der Waals surface area (Å²) in [5.41, 5.74) is 2.65. The highest BCUT2D eigenvalue weighted by Crippen LogP contribution is 2.21. The van der Waals surface area contributed by atoms with Gasteiger partial charge in [-0.1, -0.05) is 36.2 Å². The number of aryl methyl sites for hydroxylation is 1. The first-order chi connectivity index (χ1) is 13.8. The third kappa shape index (κ3) is 8.03. The maximum atomic E-state index is 5.56. The van der Waals surface area contributed by atoms with Gasteiger partial charge in [-0.3, -0.25) is 9.89 Å². The monoisotopic (exact) mass is 515 g/mol. The van der Waals surface area contributed by atoms with E-state index >= 15 is 0 Å². The van der Waals surface area contributed by atoms with E-state index in [0.29, 0.717) is 6.04 Å². The molecule has 1 unspecified atom stereocenters. The first kappa shape index (κ1) is 24.4. The standard InChI is InChI=1S/C22H37N5O.HI/c1-19-6-8-20(9-7-19)21(27-14-16-28-17-15-27)18-25-22(23-2)24-10-13-26-11-4-3-5-12-26;/h6-9,21H,3-5,10-18H2,1-2H3,(H2,23,24,25);1H. The lowest BCUT2D eigenvalue weighted by atomic mass is 10.0. The molecule has 2 heterocycles. The molecule has 164 valence electrons. The van der Waals surface area contributed by atoms with Crippen molar-refractivity contribution in [2.75, 3.05) is 66.1 Å². The number of piperidine rings is 1.